The number of hydrogen-bond acceptors (Lipinski definition) is 6. The molecule has 1 aliphatic carbocycles. The molecule has 1 aromatic carbocycles. The summed E-state index contributed by atoms with van der Waals surface area (Å²) < 4.78 is 37.2. The topological polar surface area (TPSA) is 120 Å². The molecule has 2 amide bonds. The van der Waals surface area contributed by atoms with Crippen molar-refractivity contribution in [3.63, 3.8) is 0 Å². The van der Waals surface area contributed by atoms with Crippen LogP contribution in [0.15, 0.2) is 35.3 Å². The number of carboxylic acid groups (broad SMARTS) is 1. The highest BCUT2D eigenvalue weighted by Gasteiger charge is 2.74. The van der Waals surface area contributed by atoms with Crippen LogP contribution in [0, 0.1) is 11.8 Å². The first-order valence-corrected chi connectivity index (χ1v) is 13.7. The number of aliphatic carboxylic acids is 1. The summed E-state index contributed by atoms with van der Waals surface area (Å²) in [5.41, 5.74) is -0.394. The van der Waals surface area contributed by atoms with Crippen LogP contribution in [0.1, 0.15) is 44.6 Å². The van der Waals surface area contributed by atoms with E-state index >= 15 is 0 Å². The molecule has 3 saturated heterocycles. The van der Waals surface area contributed by atoms with E-state index in [4.69, 9.17) is 19.6 Å². The molecule has 4 atom stereocenters. The molecule has 0 unspecified atom stereocenters. The fraction of sp³-hybridized carbons (Fsp3) is 0.607. The lowest BCUT2D eigenvalue weighted by Gasteiger charge is -2.41. The van der Waals surface area contributed by atoms with E-state index in [9.17, 15) is 27.6 Å². The number of esters is 1. The Hall–Kier alpha value is -3.64. The Morgan fingerprint density at radius 3 is 2.24 bits per heavy atom. The average molecular weight is 581 g/mol. The second-order valence-electron chi connectivity index (χ2n) is 10.8. The monoisotopic (exact) mass is 580 g/mol. The molecular weight excluding hydrogens is 545 g/mol. The Balaban J connectivity index is 0.000000493. The Morgan fingerprint density at radius 1 is 1.10 bits per heavy atom. The molecule has 1 N–H and O–H groups in total. The predicted octanol–water partition coefficient (Wildman–Crippen LogP) is 2.71. The molecule has 10 nitrogen and oxygen atoms in total. The van der Waals surface area contributed by atoms with Crippen molar-refractivity contribution in [1.29, 1.82) is 0 Å². The summed E-state index contributed by atoms with van der Waals surface area (Å²) in [4.78, 5) is 60.2. The first-order chi connectivity index (χ1) is 19.4. The highest BCUT2D eigenvalue weighted by Crippen LogP contribution is 2.53. The molecule has 3 heterocycles. The number of imide groups is 1. The fourth-order valence-electron chi connectivity index (χ4n) is 6.68. The minimum atomic E-state index is -5.08. The molecule has 13 heteroatoms. The lowest BCUT2D eigenvalue weighted by molar-refractivity contribution is -0.192. The molecule has 0 aromatic heterocycles. The minimum absolute atomic E-state index is 0.193. The fourth-order valence-corrected chi connectivity index (χ4v) is 6.68. The molecule has 1 aromatic rings. The lowest BCUT2D eigenvalue weighted by Crippen LogP contribution is -2.61. The number of amides is 2. The SMILES string of the molecule is CCN1C[C@@H]2[C@@H]3C(=O)N(C)C(=O)[C@@H]3[C@](Cc3ccccc3)(C(=O)OC)N2C1=NC1CCCCC1.O=C(O)C(F)(F)F. The molecular formula is C28H35F3N4O6. The Labute approximate surface area is 236 Å². The van der Waals surface area contributed by atoms with Gasteiger partial charge in [-0.3, -0.25) is 14.5 Å². The van der Waals surface area contributed by atoms with Crippen LogP contribution in [0.2, 0.25) is 0 Å². The Kier molecular flexibility index (Phi) is 8.65. The molecule has 41 heavy (non-hydrogen) atoms. The van der Waals surface area contributed by atoms with Crippen LogP contribution in [0.3, 0.4) is 0 Å². The van der Waals surface area contributed by atoms with Crippen LogP contribution in [-0.4, -0.2) is 101 Å². The third-order valence-corrected chi connectivity index (χ3v) is 8.52. The van der Waals surface area contributed by atoms with Crippen molar-refractivity contribution < 1.29 is 42.2 Å². The maximum atomic E-state index is 13.8. The van der Waals surface area contributed by atoms with E-state index in [1.165, 1.54) is 25.5 Å². The van der Waals surface area contributed by atoms with Gasteiger partial charge in [0, 0.05) is 26.6 Å². The van der Waals surface area contributed by atoms with Gasteiger partial charge in [0.1, 0.15) is 0 Å². The average Bonchev–Trinajstić information content (AvgIpc) is 3.52. The number of halogens is 3. The first-order valence-electron chi connectivity index (χ1n) is 13.7. The number of rotatable bonds is 5. The molecule has 0 spiro atoms. The number of carboxylic acids is 1. The summed E-state index contributed by atoms with van der Waals surface area (Å²) in [6.45, 7) is 3.36. The van der Waals surface area contributed by atoms with Crippen LogP contribution in [0.5, 0.6) is 0 Å². The molecule has 3 aliphatic heterocycles. The number of hydrogen-bond donors (Lipinski definition) is 1. The van der Waals surface area contributed by atoms with Crippen LogP contribution >= 0.6 is 0 Å². The Bertz CT molecular complexity index is 1200. The van der Waals surface area contributed by atoms with E-state index in [1.54, 1.807) is 0 Å². The summed E-state index contributed by atoms with van der Waals surface area (Å²) in [6.07, 6.45) is 0.775. The van der Waals surface area contributed by atoms with Crippen LogP contribution in [0.4, 0.5) is 13.2 Å². The number of likely N-dealkylation sites (N-methyl/N-ethyl adjacent to an activating group) is 1. The van der Waals surface area contributed by atoms with Gasteiger partial charge in [-0.1, -0.05) is 49.6 Å². The summed E-state index contributed by atoms with van der Waals surface area (Å²) in [5.74, 6) is -4.37. The molecule has 0 bridgehead atoms. The van der Waals surface area contributed by atoms with E-state index in [0.717, 1.165) is 43.8 Å². The second kappa shape index (κ2) is 11.7. The van der Waals surface area contributed by atoms with Crippen molar-refractivity contribution in [2.75, 3.05) is 27.2 Å². The van der Waals surface area contributed by atoms with Gasteiger partial charge in [-0.15, -0.1) is 0 Å². The smallest absolute Gasteiger partial charge is 0.475 e. The van der Waals surface area contributed by atoms with Crippen molar-refractivity contribution >= 4 is 29.7 Å². The number of nitrogens with zero attached hydrogens (tertiary/aromatic N) is 4. The van der Waals surface area contributed by atoms with E-state index in [2.05, 4.69) is 11.8 Å². The number of alkyl halides is 3. The highest BCUT2D eigenvalue weighted by molar-refractivity contribution is 6.11. The number of guanidine groups is 1. The second-order valence-corrected chi connectivity index (χ2v) is 10.8. The zero-order chi connectivity index (χ0) is 30.1. The van der Waals surface area contributed by atoms with E-state index < -0.39 is 35.5 Å². The largest absolute Gasteiger partial charge is 0.490 e. The van der Waals surface area contributed by atoms with Gasteiger partial charge in [0.05, 0.1) is 31.0 Å². The van der Waals surface area contributed by atoms with Crippen LogP contribution in [0.25, 0.3) is 0 Å². The van der Waals surface area contributed by atoms with Crippen LogP contribution < -0.4 is 0 Å². The third-order valence-electron chi connectivity index (χ3n) is 8.52. The summed E-state index contributed by atoms with van der Waals surface area (Å²) in [5, 5.41) is 7.12. The Morgan fingerprint density at radius 2 is 1.71 bits per heavy atom. The number of carbonyl (C=O) groups is 4. The van der Waals surface area contributed by atoms with Crippen molar-refractivity contribution in [2.45, 2.75) is 69.2 Å². The summed E-state index contributed by atoms with van der Waals surface area (Å²) in [7, 11) is 2.90. The number of benzene rings is 1. The lowest BCUT2D eigenvalue weighted by atomic mass is 9.76. The zero-order valence-electron chi connectivity index (χ0n) is 23.3. The van der Waals surface area contributed by atoms with E-state index in [1.807, 2.05) is 35.2 Å². The van der Waals surface area contributed by atoms with Crippen LogP contribution in [-0.2, 0) is 30.3 Å². The van der Waals surface area contributed by atoms with Gasteiger partial charge in [0.15, 0.2) is 11.5 Å². The maximum absolute atomic E-state index is 13.8. The number of likely N-dealkylation sites (tertiary alicyclic amines) is 1. The number of fused-ring (bicyclic) bond motifs is 3. The minimum Gasteiger partial charge on any atom is -0.475 e. The van der Waals surface area contributed by atoms with E-state index in [-0.39, 0.29) is 30.3 Å². The van der Waals surface area contributed by atoms with E-state index in [0.29, 0.717) is 6.54 Å². The highest BCUT2D eigenvalue weighted by atomic mass is 19.4. The van der Waals surface area contributed by atoms with Crippen molar-refractivity contribution in [3.8, 4) is 0 Å². The molecule has 224 valence electrons. The number of ether oxygens (including phenoxy) is 1. The number of aliphatic imine (C=N–C) groups is 1. The summed E-state index contributed by atoms with van der Waals surface area (Å²) in [6, 6.07) is 9.61. The van der Waals surface area contributed by atoms with Gasteiger partial charge < -0.3 is 19.6 Å². The van der Waals surface area contributed by atoms with Crippen molar-refractivity contribution in [2.24, 2.45) is 16.8 Å². The quantitative estimate of drug-likeness (QED) is 0.417. The van der Waals surface area contributed by atoms with Crippen molar-refractivity contribution in [3.05, 3.63) is 35.9 Å². The normalized spacial score (nSPS) is 28.9. The van der Waals surface area contributed by atoms with Gasteiger partial charge in [-0.05, 0) is 25.3 Å². The molecule has 4 fully saturated rings. The first kappa shape index (κ1) is 30.3. The zero-order valence-corrected chi connectivity index (χ0v) is 23.3. The van der Waals surface area contributed by atoms with Gasteiger partial charge >= 0.3 is 18.1 Å². The van der Waals surface area contributed by atoms with Gasteiger partial charge in [-0.2, -0.15) is 13.2 Å². The molecule has 1 saturated carbocycles. The standard InChI is InChI=1S/C26H34N4O4.C2HF3O2/c1-4-29-16-19-20-21(23(32)28(2)22(20)31)26(24(33)34-3,15-17-11-7-5-8-12-17)30(19)25(29)27-18-13-9-6-10-14-18;3-2(4,5)1(6)7/h5,7-8,11-12,18-21H,4,6,9-10,13-16H2,1-3H3;(H,6,7)/t19-,20+,21-,26-;/m1./s1. The van der Waals surface area contributed by atoms with Gasteiger partial charge in [0.25, 0.3) is 0 Å². The van der Waals surface area contributed by atoms with Gasteiger partial charge in [0.2, 0.25) is 11.8 Å². The summed E-state index contributed by atoms with van der Waals surface area (Å²) >= 11 is 0. The third kappa shape index (κ3) is 5.38. The molecule has 0 radical (unpaired) electrons. The maximum Gasteiger partial charge on any atom is 0.490 e. The number of methoxy groups -OCH3 is 1. The number of carbonyl (C=O) groups excluding carboxylic acids is 3. The van der Waals surface area contributed by atoms with Crippen molar-refractivity contribution in [1.82, 2.24) is 14.7 Å². The molecule has 5 rings (SSSR count). The predicted molar refractivity (Wildman–Crippen MR) is 141 cm³/mol. The van der Waals surface area contributed by atoms with Gasteiger partial charge in [-0.25, -0.2) is 14.6 Å². The molecule has 4 aliphatic rings.